The minimum absolute atomic E-state index is 0.452. The summed E-state index contributed by atoms with van der Waals surface area (Å²) in [4.78, 5) is 2.40. The van der Waals surface area contributed by atoms with Gasteiger partial charge in [-0.3, -0.25) is 0 Å². The van der Waals surface area contributed by atoms with Crippen LogP contribution in [0.5, 0.6) is 0 Å². The minimum atomic E-state index is -3.35. The Morgan fingerprint density at radius 1 is 1.35 bits per heavy atom. The van der Waals surface area contributed by atoms with Gasteiger partial charge in [0.2, 0.25) is 10.0 Å². The fourth-order valence-corrected chi connectivity index (χ4v) is 5.37. The lowest BCUT2D eigenvalue weighted by molar-refractivity contribution is 0.519. The summed E-state index contributed by atoms with van der Waals surface area (Å²) in [6.07, 6.45) is 4.76. The summed E-state index contributed by atoms with van der Waals surface area (Å²) in [5.41, 5.74) is 0. The molecule has 0 radical (unpaired) electrons. The maximum atomic E-state index is 12.4. The summed E-state index contributed by atoms with van der Waals surface area (Å²) >= 11 is 1.56. The quantitative estimate of drug-likeness (QED) is 0.813. The zero-order valence-corrected chi connectivity index (χ0v) is 13.9. The lowest BCUT2D eigenvalue weighted by Crippen LogP contribution is -2.28. The average Bonchev–Trinajstić information content (AvgIpc) is 3.03. The first-order chi connectivity index (χ1) is 9.53. The van der Waals surface area contributed by atoms with E-state index in [1.54, 1.807) is 17.4 Å². The monoisotopic (exact) mass is 316 g/mol. The van der Waals surface area contributed by atoms with Gasteiger partial charge in [-0.1, -0.05) is 19.8 Å². The molecule has 1 aliphatic rings. The molecule has 0 aliphatic heterocycles. The fourth-order valence-electron chi connectivity index (χ4n) is 2.65. The molecule has 2 N–H and O–H groups in total. The van der Waals surface area contributed by atoms with Crippen LogP contribution < -0.4 is 10.0 Å². The molecule has 114 valence electrons. The van der Waals surface area contributed by atoms with Crippen LogP contribution in [0.2, 0.25) is 0 Å². The molecular weight excluding hydrogens is 292 g/mol. The van der Waals surface area contributed by atoms with Gasteiger partial charge in [-0.25, -0.2) is 13.1 Å². The number of aryl methyl sites for hydroxylation is 1. The van der Waals surface area contributed by atoms with Crippen LogP contribution in [0.1, 0.15) is 42.4 Å². The zero-order chi connectivity index (χ0) is 14.6. The summed E-state index contributed by atoms with van der Waals surface area (Å²) in [6, 6.07) is 1.81. The van der Waals surface area contributed by atoms with E-state index in [9.17, 15) is 8.42 Å². The van der Waals surface area contributed by atoms with E-state index in [2.05, 4.69) is 10.0 Å². The molecule has 1 aromatic heterocycles. The number of sulfonamides is 1. The maximum Gasteiger partial charge on any atom is 0.241 e. The van der Waals surface area contributed by atoms with E-state index in [4.69, 9.17) is 0 Å². The highest BCUT2D eigenvalue weighted by Crippen LogP contribution is 2.27. The van der Waals surface area contributed by atoms with Gasteiger partial charge in [0, 0.05) is 22.8 Å². The van der Waals surface area contributed by atoms with Crippen molar-refractivity contribution in [1.82, 2.24) is 10.0 Å². The van der Waals surface area contributed by atoms with Crippen molar-refractivity contribution in [2.75, 3.05) is 13.1 Å². The average molecular weight is 316 g/mol. The predicted octanol–water partition coefficient (Wildman–Crippen LogP) is 2.63. The smallest absolute Gasteiger partial charge is 0.241 e. The van der Waals surface area contributed by atoms with Gasteiger partial charge in [0.1, 0.15) is 0 Å². The van der Waals surface area contributed by atoms with E-state index in [-0.39, 0.29) is 0 Å². The number of hydrogen-bond donors (Lipinski definition) is 2. The summed E-state index contributed by atoms with van der Waals surface area (Å²) in [5.74, 6) is 0.518. The Labute approximate surface area is 126 Å². The molecule has 4 nitrogen and oxygen atoms in total. The molecule has 1 fully saturated rings. The third kappa shape index (κ3) is 4.04. The summed E-state index contributed by atoms with van der Waals surface area (Å²) < 4.78 is 27.5. The van der Waals surface area contributed by atoms with Crippen LogP contribution in [0.4, 0.5) is 0 Å². The third-order valence-corrected chi connectivity index (χ3v) is 6.53. The largest absolute Gasteiger partial charge is 0.312 e. The van der Waals surface area contributed by atoms with Crippen LogP contribution in [0.3, 0.4) is 0 Å². The van der Waals surface area contributed by atoms with Crippen LogP contribution in [0, 0.1) is 12.8 Å². The first-order valence-corrected chi connectivity index (χ1v) is 9.62. The van der Waals surface area contributed by atoms with Crippen molar-refractivity contribution >= 4 is 21.4 Å². The van der Waals surface area contributed by atoms with Gasteiger partial charge in [0.05, 0.1) is 4.90 Å². The maximum absolute atomic E-state index is 12.4. The van der Waals surface area contributed by atoms with Crippen LogP contribution in [-0.4, -0.2) is 21.5 Å². The first-order valence-electron chi connectivity index (χ1n) is 7.32. The minimum Gasteiger partial charge on any atom is -0.312 e. The van der Waals surface area contributed by atoms with Gasteiger partial charge in [0.25, 0.3) is 0 Å². The lowest BCUT2D eigenvalue weighted by Gasteiger charge is -2.10. The van der Waals surface area contributed by atoms with Gasteiger partial charge in [-0.05, 0) is 38.3 Å². The second-order valence-electron chi connectivity index (χ2n) is 5.42. The van der Waals surface area contributed by atoms with E-state index in [0.29, 0.717) is 17.4 Å². The van der Waals surface area contributed by atoms with Crippen molar-refractivity contribution in [1.29, 1.82) is 0 Å². The molecular formula is C14H24N2O2S2. The van der Waals surface area contributed by atoms with Gasteiger partial charge in [-0.15, -0.1) is 11.3 Å². The van der Waals surface area contributed by atoms with E-state index in [0.717, 1.165) is 35.7 Å². The summed E-state index contributed by atoms with van der Waals surface area (Å²) in [5, 5.41) is 3.23. The highest BCUT2D eigenvalue weighted by Gasteiger charge is 2.22. The molecule has 0 saturated heterocycles. The molecule has 2 rings (SSSR count). The first kappa shape index (κ1) is 15.9. The number of rotatable bonds is 7. The normalized spacial score (nSPS) is 16.9. The SMILES string of the molecule is CCNCc1cc(S(=O)(=O)NCC2CCCC2)c(C)s1. The second kappa shape index (κ2) is 7.02. The van der Waals surface area contributed by atoms with E-state index < -0.39 is 10.0 Å². The lowest BCUT2D eigenvalue weighted by atomic mass is 10.1. The van der Waals surface area contributed by atoms with Crippen molar-refractivity contribution in [3.63, 3.8) is 0 Å². The van der Waals surface area contributed by atoms with E-state index in [1.807, 2.05) is 13.8 Å². The van der Waals surface area contributed by atoms with E-state index in [1.165, 1.54) is 12.8 Å². The molecule has 0 aromatic carbocycles. The Hall–Kier alpha value is -0.430. The Morgan fingerprint density at radius 2 is 2.05 bits per heavy atom. The van der Waals surface area contributed by atoms with E-state index >= 15 is 0 Å². The molecule has 0 spiro atoms. The Balaban J connectivity index is 2.02. The highest BCUT2D eigenvalue weighted by atomic mass is 32.2. The van der Waals surface area contributed by atoms with Crippen molar-refractivity contribution in [3.05, 3.63) is 15.8 Å². The van der Waals surface area contributed by atoms with Crippen molar-refractivity contribution in [3.8, 4) is 0 Å². The van der Waals surface area contributed by atoms with Crippen LogP contribution in [0.15, 0.2) is 11.0 Å². The van der Waals surface area contributed by atoms with Crippen LogP contribution >= 0.6 is 11.3 Å². The molecule has 0 unspecified atom stereocenters. The molecule has 1 saturated carbocycles. The summed E-state index contributed by atoms with van der Waals surface area (Å²) in [6.45, 7) is 6.13. The van der Waals surface area contributed by atoms with Gasteiger partial charge in [-0.2, -0.15) is 0 Å². The Bertz CT molecular complexity index is 531. The predicted molar refractivity (Wildman–Crippen MR) is 83.6 cm³/mol. The highest BCUT2D eigenvalue weighted by molar-refractivity contribution is 7.89. The molecule has 0 atom stereocenters. The fraction of sp³-hybridized carbons (Fsp3) is 0.714. The molecule has 6 heteroatoms. The standard InChI is InChI=1S/C14H24N2O2S2/c1-3-15-10-13-8-14(11(2)19-13)20(17,18)16-9-12-6-4-5-7-12/h8,12,15-16H,3-7,9-10H2,1-2H3. The summed E-state index contributed by atoms with van der Waals surface area (Å²) in [7, 11) is -3.35. The topological polar surface area (TPSA) is 58.2 Å². The van der Waals surface area contributed by atoms with Gasteiger partial charge in [0.15, 0.2) is 0 Å². The molecule has 1 aliphatic carbocycles. The van der Waals surface area contributed by atoms with Gasteiger partial charge < -0.3 is 5.32 Å². The number of thiophene rings is 1. The second-order valence-corrected chi connectivity index (χ2v) is 8.49. The Kier molecular flexibility index (Phi) is 5.60. The van der Waals surface area contributed by atoms with Gasteiger partial charge >= 0.3 is 0 Å². The van der Waals surface area contributed by atoms with Crippen LogP contribution in [-0.2, 0) is 16.6 Å². The Morgan fingerprint density at radius 3 is 2.70 bits per heavy atom. The molecule has 1 heterocycles. The zero-order valence-electron chi connectivity index (χ0n) is 12.2. The third-order valence-electron chi connectivity index (χ3n) is 3.80. The molecule has 20 heavy (non-hydrogen) atoms. The van der Waals surface area contributed by atoms with Crippen LogP contribution in [0.25, 0.3) is 0 Å². The number of hydrogen-bond acceptors (Lipinski definition) is 4. The molecule has 0 bridgehead atoms. The van der Waals surface area contributed by atoms with Crippen molar-refractivity contribution in [2.24, 2.45) is 5.92 Å². The molecule has 1 aromatic rings. The van der Waals surface area contributed by atoms with Crippen molar-refractivity contribution < 1.29 is 8.42 Å². The number of nitrogens with one attached hydrogen (secondary N) is 2. The van der Waals surface area contributed by atoms with Crippen molar-refractivity contribution in [2.45, 2.75) is 51.0 Å². The molecule has 0 amide bonds.